The average Bonchev–Trinajstić information content (AvgIpc) is 3.47. The number of halogens is 1. The van der Waals surface area contributed by atoms with Crippen LogP contribution in [0, 0.1) is 19.7 Å². The summed E-state index contributed by atoms with van der Waals surface area (Å²) in [6, 6.07) is 6.88. The number of aromatic nitrogens is 4. The van der Waals surface area contributed by atoms with Gasteiger partial charge in [-0.25, -0.2) is 14.2 Å². The van der Waals surface area contributed by atoms with Crippen molar-refractivity contribution in [1.29, 1.82) is 0 Å². The first-order valence-electron chi connectivity index (χ1n) is 12.7. The van der Waals surface area contributed by atoms with E-state index in [1.807, 2.05) is 18.6 Å². The van der Waals surface area contributed by atoms with Gasteiger partial charge in [0, 0.05) is 56.4 Å². The molecule has 2 aromatic heterocycles. The lowest BCUT2D eigenvalue weighted by Gasteiger charge is -2.23. The molecule has 13 heteroatoms. The molecule has 3 aromatic rings. The minimum Gasteiger partial charge on any atom is -0.481 e. The van der Waals surface area contributed by atoms with Crippen LogP contribution in [-0.4, -0.2) is 74.7 Å². The minimum atomic E-state index is -2.74. The summed E-state index contributed by atoms with van der Waals surface area (Å²) < 4.78 is 17.8. The van der Waals surface area contributed by atoms with Crippen LogP contribution in [0.4, 0.5) is 4.39 Å². The van der Waals surface area contributed by atoms with Crippen LogP contribution in [-0.2, 0) is 40.6 Å². The van der Waals surface area contributed by atoms with Crippen molar-refractivity contribution < 1.29 is 39.2 Å². The van der Waals surface area contributed by atoms with E-state index in [4.69, 9.17) is 20.4 Å². The van der Waals surface area contributed by atoms with Crippen LogP contribution in [0.5, 0.6) is 0 Å². The number of carboxylic acids is 3. The molecular weight excluding hydrogens is 525 g/mol. The molecule has 1 aromatic carbocycles. The normalized spacial score (nSPS) is 11.2. The maximum absolute atomic E-state index is 13.6. The molecule has 0 atom stereocenters. The highest BCUT2D eigenvalue weighted by Crippen LogP contribution is 2.18. The predicted octanol–water partition coefficient (Wildman–Crippen LogP) is 2.70. The zero-order chi connectivity index (χ0) is 29.9. The summed E-state index contributed by atoms with van der Waals surface area (Å²) in [6.07, 6.45) is 4.35. The standard InChI is InChI=1S/C21H28FN5.C6H8O7/c1-4-27-18(3)21(17(2)24-27)15-26(11-6-10-25-12-9-23-16-25)14-19-7-5-8-20(22)13-19;7-3(8)1-6(13,5(11)12)2-4(9)10/h5,7-9,12-13,16H,4,6,10-11,14-15H2,1-3H3;13H,1-2H2,(H,7,8)(H,9,10)(H,11,12). The Labute approximate surface area is 231 Å². The van der Waals surface area contributed by atoms with Crippen molar-refractivity contribution in [2.45, 2.75) is 71.8 Å². The molecule has 0 bridgehead atoms. The quantitative estimate of drug-likeness (QED) is 0.229. The molecule has 40 heavy (non-hydrogen) atoms. The van der Waals surface area contributed by atoms with Gasteiger partial charge in [-0.1, -0.05) is 12.1 Å². The highest BCUT2D eigenvalue weighted by atomic mass is 19.1. The van der Waals surface area contributed by atoms with Crippen LogP contribution < -0.4 is 0 Å². The molecule has 0 amide bonds. The molecule has 2 heterocycles. The van der Waals surface area contributed by atoms with Gasteiger partial charge in [0.05, 0.1) is 24.9 Å². The predicted molar refractivity (Wildman–Crippen MR) is 142 cm³/mol. The Morgan fingerprint density at radius 1 is 1.07 bits per heavy atom. The van der Waals surface area contributed by atoms with E-state index in [1.54, 1.807) is 18.3 Å². The number of aliphatic carboxylic acids is 3. The van der Waals surface area contributed by atoms with E-state index in [2.05, 4.69) is 45.0 Å². The maximum atomic E-state index is 13.6. The van der Waals surface area contributed by atoms with Crippen LogP contribution in [0.3, 0.4) is 0 Å². The van der Waals surface area contributed by atoms with Crippen molar-refractivity contribution in [1.82, 2.24) is 24.2 Å². The monoisotopic (exact) mass is 561 g/mol. The molecule has 218 valence electrons. The summed E-state index contributed by atoms with van der Waals surface area (Å²) in [5, 5.41) is 38.5. The smallest absolute Gasteiger partial charge is 0.336 e. The molecule has 0 aliphatic rings. The molecule has 0 saturated carbocycles. The van der Waals surface area contributed by atoms with Gasteiger partial charge in [-0.05, 0) is 44.9 Å². The zero-order valence-corrected chi connectivity index (χ0v) is 22.8. The second kappa shape index (κ2) is 14.9. The molecular formula is C27H36FN5O7. The zero-order valence-electron chi connectivity index (χ0n) is 22.8. The van der Waals surface area contributed by atoms with Crippen LogP contribution in [0.15, 0.2) is 43.0 Å². The number of rotatable bonds is 14. The number of imidazole rings is 1. The number of hydrogen-bond donors (Lipinski definition) is 4. The fourth-order valence-electron chi connectivity index (χ4n) is 4.21. The maximum Gasteiger partial charge on any atom is 0.336 e. The Kier molecular flexibility index (Phi) is 12.0. The largest absolute Gasteiger partial charge is 0.481 e. The lowest BCUT2D eigenvalue weighted by molar-refractivity contribution is -0.170. The summed E-state index contributed by atoms with van der Waals surface area (Å²) in [5.41, 5.74) is 1.83. The van der Waals surface area contributed by atoms with Gasteiger partial charge < -0.3 is 25.0 Å². The number of aryl methyl sites for hydroxylation is 3. The second-order valence-electron chi connectivity index (χ2n) is 9.44. The number of benzene rings is 1. The topological polar surface area (TPSA) is 171 Å². The van der Waals surface area contributed by atoms with E-state index in [9.17, 15) is 18.8 Å². The van der Waals surface area contributed by atoms with Gasteiger partial charge in [0.1, 0.15) is 5.82 Å². The highest BCUT2D eigenvalue weighted by Gasteiger charge is 2.40. The van der Waals surface area contributed by atoms with Crippen molar-refractivity contribution in [3.05, 3.63) is 71.3 Å². The third-order valence-corrected chi connectivity index (χ3v) is 6.24. The van der Waals surface area contributed by atoms with Gasteiger partial charge in [0.15, 0.2) is 5.60 Å². The van der Waals surface area contributed by atoms with E-state index in [0.29, 0.717) is 0 Å². The first-order valence-corrected chi connectivity index (χ1v) is 12.7. The third-order valence-electron chi connectivity index (χ3n) is 6.24. The van der Waals surface area contributed by atoms with Gasteiger partial charge >= 0.3 is 17.9 Å². The Hall–Kier alpha value is -4.10. The fourth-order valence-corrected chi connectivity index (χ4v) is 4.21. The molecule has 0 aliphatic carbocycles. The summed E-state index contributed by atoms with van der Waals surface area (Å²) >= 11 is 0. The van der Waals surface area contributed by atoms with Crippen molar-refractivity contribution >= 4 is 17.9 Å². The first kappa shape index (κ1) is 32.1. The van der Waals surface area contributed by atoms with Crippen LogP contribution >= 0.6 is 0 Å². The van der Waals surface area contributed by atoms with Crippen molar-refractivity contribution in [3.8, 4) is 0 Å². The number of carboxylic acid groups (broad SMARTS) is 3. The summed E-state index contributed by atoms with van der Waals surface area (Å²) in [5.74, 6) is -5.20. The number of hydrogen-bond acceptors (Lipinski definition) is 7. The Bertz CT molecular complexity index is 1260. The van der Waals surface area contributed by atoms with E-state index in [-0.39, 0.29) is 5.82 Å². The summed E-state index contributed by atoms with van der Waals surface area (Å²) in [6.45, 7) is 10.6. The van der Waals surface area contributed by atoms with Crippen LogP contribution in [0.1, 0.15) is 48.7 Å². The molecule has 0 radical (unpaired) electrons. The van der Waals surface area contributed by atoms with Gasteiger partial charge in [-0.2, -0.15) is 5.10 Å². The fraction of sp³-hybridized carbons (Fsp3) is 0.444. The van der Waals surface area contributed by atoms with Gasteiger partial charge in [0.25, 0.3) is 0 Å². The summed E-state index contributed by atoms with van der Waals surface area (Å²) in [4.78, 5) is 37.0. The molecule has 0 saturated heterocycles. The summed E-state index contributed by atoms with van der Waals surface area (Å²) in [7, 11) is 0. The Balaban J connectivity index is 0.000000366. The molecule has 0 fully saturated rings. The van der Waals surface area contributed by atoms with Crippen molar-refractivity contribution in [2.75, 3.05) is 6.54 Å². The first-order chi connectivity index (χ1) is 18.8. The lowest BCUT2D eigenvalue weighted by Crippen LogP contribution is -2.42. The Morgan fingerprint density at radius 3 is 2.25 bits per heavy atom. The van der Waals surface area contributed by atoms with Gasteiger partial charge in [-0.3, -0.25) is 19.2 Å². The SMILES string of the molecule is CCn1nc(C)c(CN(CCCn2ccnc2)Cc2cccc(F)c2)c1C.O=C(O)CC(O)(CC(=O)O)C(=O)O. The van der Waals surface area contributed by atoms with Crippen molar-refractivity contribution in [2.24, 2.45) is 0 Å². The molecule has 12 nitrogen and oxygen atoms in total. The Morgan fingerprint density at radius 2 is 1.75 bits per heavy atom. The lowest BCUT2D eigenvalue weighted by atomic mass is 9.96. The van der Waals surface area contributed by atoms with E-state index in [1.165, 1.54) is 17.3 Å². The highest BCUT2D eigenvalue weighted by molar-refractivity contribution is 5.88. The van der Waals surface area contributed by atoms with Gasteiger partial charge in [-0.15, -0.1) is 0 Å². The molecule has 0 unspecified atom stereocenters. The van der Waals surface area contributed by atoms with E-state index >= 15 is 0 Å². The second-order valence-corrected chi connectivity index (χ2v) is 9.44. The average molecular weight is 562 g/mol. The van der Waals surface area contributed by atoms with E-state index < -0.39 is 36.4 Å². The molecule has 4 N–H and O–H groups in total. The number of nitrogens with zero attached hydrogens (tertiary/aromatic N) is 5. The number of carbonyl (C=O) groups is 3. The van der Waals surface area contributed by atoms with E-state index in [0.717, 1.165) is 50.4 Å². The molecule has 0 aliphatic heterocycles. The van der Waals surface area contributed by atoms with Gasteiger partial charge in [0.2, 0.25) is 0 Å². The minimum absolute atomic E-state index is 0.183. The number of aliphatic hydroxyl groups is 1. The third kappa shape index (κ3) is 9.89. The van der Waals surface area contributed by atoms with Crippen molar-refractivity contribution in [3.63, 3.8) is 0 Å². The molecule has 3 rings (SSSR count). The van der Waals surface area contributed by atoms with Crippen LogP contribution in [0.2, 0.25) is 0 Å². The van der Waals surface area contributed by atoms with Crippen LogP contribution in [0.25, 0.3) is 0 Å². The molecule has 0 spiro atoms.